The van der Waals surface area contributed by atoms with Gasteiger partial charge in [0.1, 0.15) is 11.4 Å². The Morgan fingerprint density at radius 1 is 1.29 bits per heavy atom. The van der Waals surface area contributed by atoms with Crippen molar-refractivity contribution >= 4 is 5.91 Å². The number of rotatable bonds is 8. The maximum Gasteiger partial charge on any atom is 0.272 e. The number of carbonyl (C=O) groups excluding carboxylic acids is 1. The van der Waals surface area contributed by atoms with E-state index in [1.165, 1.54) is 18.4 Å². The van der Waals surface area contributed by atoms with Crippen LogP contribution >= 0.6 is 0 Å². The van der Waals surface area contributed by atoms with Gasteiger partial charge in [0.25, 0.3) is 5.91 Å². The van der Waals surface area contributed by atoms with Crippen molar-refractivity contribution in [2.75, 3.05) is 39.8 Å². The van der Waals surface area contributed by atoms with Crippen LogP contribution in [-0.4, -0.2) is 60.5 Å². The van der Waals surface area contributed by atoms with E-state index in [0.29, 0.717) is 11.6 Å². The van der Waals surface area contributed by atoms with Crippen molar-refractivity contribution in [2.45, 2.75) is 26.2 Å². The molecule has 2 aromatic rings. The zero-order valence-electron chi connectivity index (χ0n) is 17.0. The minimum absolute atomic E-state index is 0.0385. The molecular formula is C23H31N3O2. The van der Waals surface area contributed by atoms with Crippen LogP contribution in [0.2, 0.25) is 0 Å². The first-order valence-electron chi connectivity index (χ1n) is 10.2. The number of piperidine rings is 1. The molecule has 2 heterocycles. The average molecular weight is 382 g/mol. The number of carbonyl (C=O) groups is 1. The van der Waals surface area contributed by atoms with Gasteiger partial charge in [-0.2, -0.15) is 0 Å². The van der Waals surface area contributed by atoms with Crippen LogP contribution in [-0.2, 0) is 6.42 Å². The van der Waals surface area contributed by atoms with Crippen LogP contribution in [0.3, 0.4) is 0 Å². The quantitative estimate of drug-likeness (QED) is 0.702. The van der Waals surface area contributed by atoms with Crippen molar-refractivity contribution in [1.82, 2.24) is 14.8 Å². The van der Waals surface area contributed by atoms with E-state index < -0.39 is 0 Å². The Kier molecular flexibility index (Phi) is 7.43. The van der Waals surface area contributed by atoms with Crippen LogP contribution in [0.1, 0.15) is 35.8 Å². The number of hydrogen-bond acceptors (Lipinski definition) is 4. The molecule has 1 aromatic heterocycles. The Bertz CT molecular complexity index is 751. The number of aromatic nitrogens is 1. The molecule has 1 aliphatic heterocycles. The molecule has 28 heavy (non-hydrogen) atoms. The number of pyridine rings is 1. The molecule has 1 aliphatic rings. The van der Waals surface area contributed by atoms with Crippen molar-refractivity contribution < 1.29 is 9.53 Å². The third kappa shape index (κ3) is 5.55. The van der Waals surface area contributed by atoms with E-state index in [2.05, 4.69) is 28.1 Å². The first-order chi connectivity index (χ1) is 13.7. The highest BCUT2D eigenvalue weighted by Gasteiger charge is 2.24. The van der Waals surface area contributed by atoms with E-state index in [4.69, 9.17) is 4.74 Å². The molecule has 0 radical (unpaired) electrons. The summed E-state index contributed by atoms with van der Waals surface area (Å²) in [6, 6.07) is 13.8. The maximum absolute atomic E-state index is 12.7. The third-order valence-electron chi connectivity index (χ3n) is 5.49. The molecule has 0 aliphatic carbocycles. The monoisotopic (exact) mass is 381 g/mol. The van der Waals surface area contributed by atoms with Crippen molar-refractivity contribution in [2.24, 2.45) is 5.92 Å². The van der Waals surface area contributed by atoms with Gasteiger partial charge < -0.3 is 14.5 Å². The molecule has 0 bridgehead atoms. The summed E-state index contributed by atoms with van der Waals surface area (Å²) in [7, 11) is 1.71. The predicted molar refractivity (Wildman–Crippen MR) is 112 cm³/mol. The van der Waals surface area contributed by atoms with Crippen LogP contribution in [0.25, 0.3) is 0 Å². The first kappa shape index (κ1) is 20.3. The van der Waals surface area contributed by atoms with E-state index in [9.17, 15) is 4.79 Å². The van der Waals surface area contributed by atoms with E-state index in [1.54, 1.807) is 19.4 Å². The predicted octanol–water partition coefficient (Wildman–Crippen LogP) is 3.51. The Hall–Kier alpha value is -2.40. The Balaban J connectivity index is 1.52. The molecular weight excluding hydrogens is 350 g/mol. The number of benzene rings is 1. The molecule has 1 amide bonds. The molecule has 0 saturated carbocycles. The van der Waals surface area contributed by atoms with Gasteiger partial charge in [-0.3, -0.25) is 9.78 Å². The Morgan fingerprint density at radius 2 is 2.18 bits per heavy atom. The SMILES string of the molecule is CCN(C[C@@H]1CCCN(CCc2cccc(OC)c2)C1)C(=O)c1ccccn1. The minimum Gasteiger partial charge on any atom is -0.497 e. The summed E-state index contributed by atoms with van der Waals surface area (Å²) in [6.07, 6.45) is 5.08. The van der Waals surface area contributed by atoms with Crippen LogP contribution < -0.4 is 4.74 Å². The summed E-state index contributed by atoms with van der Waals surface area (Å²) in [4.78, 5) is 21.4. The van der Waals surface area contributed by atoms with E-state index in [1.807, 2.05) is 30.0 Å². The highest BCUT2D eigenvalue weighted by atomic mass is 16.5. The van der Waals surface area contributed by atoms with Gasteiger partial charge in [0, 0.05) is 32.4 Å². The number of nitrogens with zero attached hydrogens (tertiary/aromatic N) is 3. The normalized spacial score (nSPS) is 17.3. The molecule has 0 N–H and O–H groups in total. The first-order valence-corrected chi connectivity index (χ1v) is 10.2. The summed E-state index contributed by atoms with van der Waals surface area (Å²) in [5.74, 6) is 1.48. The number of methoxy groups -OCH3 is 1. The average Bonchev–Trinajstić information content (AvgIpc) is 2.76. The summed E-state index contributed by atoms with van der Waals surface area (Å²) in [6.45, 7) is 6.81. The van der Waals surface area contributed by atoms with Crippen molar-refractivity contribution in [3.63, 3.8) is 0 Å². The smallest absolute Gasteiger partial charge is 0.272 e. The molecule has 1 fully saturated rings. The second kappa shape index (κ2) is 10.2. The van der Waals surface area contributed by atoms with Gasteiger partial charge in [0.15, 0.2) is 0 Å². The second-order valence-electron chi connectivity index (χ2n) is 7.47. The van der Waals surface area contributed by atoms with E-state index >= 15 is 0 Å². The van der Waals surface area contributed by atoms with Gasteiger partial charge in [0.05, 0.1) is 7.11 Å². The lowest BCUT2D eigenvalue weighted by molar-refractivity contribution is 0.0685. The minimum atomic E-state index is 0.0385. The number of likely N-dealkylation sites (tertiary alicyclic amines) is 1. The topological polar surface area (TPSA) is 45.7 Å². The number of hydrogen-bond donors (Lipinski definition) is 0. The molecule has 5 heteroatoms. The highest BCUT2D eigenvalue weighted by molar-refractivity contribution is 5.92. The van der Waals surface area contributed by atoms with E-state index in [0.717, 1.165) is 44.9 Å². The van der Waals surface area contributed by atoms with Gasteiger partial charge in [-0.05, 0) is 68.5 Å². The lowest BCUT2D eigenvalue weighted by Gasteiger charge is -2.35. The molecule has 3 rings (SSSR count). The fourth-order valence-corrected chi connectivity index (χ4v) is 3.94. The van der Waals surface area contributed by atoms with Crippen molar-refractivity contribution in [1.29, 1.82) is 0 Å². The van der Waals surface area contributed by atoms with Crippen molar-refractivity contribution in [3.8, 4) is 5.75 Å². The molecule has 0 unspecified atom stereocenters. The van der Waals surface area contributed by atoms with Gasteiger partial charge in [-0.15, -0.1) is 0 Å². The second-order valence-corrected chi connectivity index (χ2v) is 7.47. The van der Waals surface area contributed by atoms with Crippen LogP contribution in [0.15, 0.2) is 48.7 Å². The molecule has 1 atom stereocenters. The molecule has 0 spiro atoms. The van der Waals surface area contributed by atoms with Crippen LogP contribution in [0.5, 0.6) is 5.75 Å². The summed E-state index contributed by atoms with van der Waals surface area (Å²) < 4.78 is 5.32. The zero-order valence-corrected chi connectivity index (χ0v) is 17.0. The van der Waals surface area contributed by atoms with Crippen LogP contribution in [0.4, 0.5) is 0 Å². The standard InChI is InChI=1S/C23H31N3O2/c1-3-26(23(27)22-11-4-5-13-24-22)18-20-9-7-14-25(17-20)15-12-19-8-6-10-21(16-19)28-2/h4-6,8,10-11,13,16,20H,3,7,9,12,14-15,17-18H2,1-2H3/t20-/m1/s1. The van der Waals surface area contributed by atoms with Gasteiger partial charge in [0.2, 0.25) is 0 Å². The fourth-order valence-electron chi connectivity index (χ4n) is 3.94. The molecule has 5 nitrogen and oxygen atoms in total. The highest BCUT2D eigenvalue weighted by Crippen LogP contribution is 2.20. The number of amides is 1. The Labute approximate surface area is 168 Å². The summed E-state index contributed by atoms with van der Waals surface area (Å²) >= 11 is 0. The molecule has 150 valence electrons. The summed E-state index contributed by atoms with van der Waals surface area (Å²) in [5.41, 5.74) is 1.84. The third-order valence-corrected chi connectivity index (χ3v) is 5.49. The lowest BCUT2D eigenvalue weighted by atomic mass is 9.96. The maximum atomic E-state index is 12.7. The fraction of sp³-hybridized carbons (Fsp3) is 0.478. The van der Waals surface area contributed by atoms with E-state index in [-0.39, 0.29) is 5.91 Å². The zero-order chi connectivity index (χ0) is 19.8. The number of ether oxygens (including phenoxy) is 1. The van der Waals surface area contributed by atoms with Gasteiger partial charge >= 0.3 is 0 Å². The Morgan fingerprint density at radius 3 is 2.93 bits per heavy atom. The van der Waals surface area contributed by atoms with Gasteiger partial charge in [-0.1, -0.05) is 18.2 Å². The lowest BCUT2D eigenvalue weighted by Crippen LogP contribution is -2.43. The van der Waals surface area contributed by atoms with Gasteiger partial charge in [-0.25, -0.2) is 0 Å². The summed E-state index contributed by atoms with van der Waals surface area (Å²) in [5, 5.41) is 0. The largest absolute Gasteiger partial charge is 0.497 e. The van der Waals surface area contributed by atoms with Crippen LogP contribution in [0, 0.1) is 5.92 Å². The van der Waals surface area contributed by atoms with Crippen molar-refractivity contribution in [3.05, 3.63) is 59.9 Å². The molecule has 1 saturated heterocycles. The molecule has 1 aromatic carbocycles.